The summed E-state index contributed by atoms with van der Waals surface area (Å²) in [4.78, 5) is 8.46. The number of anilines is 1. The lowest BCUT2D eigenvalue weighted by Crippen LogP contribution is -2.12. The van der Waals surface area contributed by atoms with E-state index in [0.717, 1.165) is 23.5 Å². The van der Waals surface area contributed by atoms with Crippen molar-refractivity contribution in [2.24, 2.45) is 5.41 Å². The van der Waals surface area contributed by atoms with E-state index in [1.807, 2.05) is 24.8 Å². The molecule has 2 aromatic rings. The summed E-state index contributed by atoms with van der Waals surface area (Å²) in [7, 11) is 0. The van der Waals surface area contributed by atoms with Crippen molar-refractivity contribution in [3.8, 4) is 11.3 Å². The summed E-state index contributed by atoms with van der Waals surface area (Å²) in [6.07, 6.45) is 12.6. The van der Waals surface area contributed by atoms with E-state index in [4.69, 9.17) is 5.73 Å². The molecule has 0 saturated heterocycles. The molecule has 0 aromatic carbocycles. The topological polar surface area (TPSA) is 56.7 Å². The van der Waals surface area contributed by atoms with Gasteiger partial charge in [-0.15, -0.1) is 0 Å². The minimum absolute atomic E-state index is 0.501. The Balaban J connectivity index is 1.89. The van der Waals surface area contributed by atoms with Crippen LogP contribution in [0.25, 0.3) is 11.3 Å². The fraction of sp³-hybridized carbons (Fsp3) is 0.467. The molecule has 19 heavy (non-hydrogen) atoms. The first-order valence-corrected chi connectivity index (χ1v) is 6.94. The molecule has 1 aliphatic carbocycles. The lowest BCUT2D eigenvalue weighted by atomic mass is 10.0. The Labute approximate surface area is 113 Å². The van der Waals surface area contributed by atoms with Crippen LogP contribution in [0.15, 0.2) is 31.0 Å². The van der Waals surface area contributed by atoms with Crippen molar-refractivity contribution in [2.75, 3.05) is 5.73 Å². The molecule has 0 atom stereocenters. The zero-order chi connectivity index (χ0) is 13.3. The molecule has 0 unspecified atom stereocenters. The van der Waals surface area contributed by atoms with E-state index in [0.29, 0.717) is 5.41 Å². The second kappa shape index (κ2) is 4.68. The number of hydrogen-bond acceptors (Lipinski definition) is 3. The summed E-state index contributed by atoms with van der Waals surface area (Å²) >= 11 is 0. The van der Waals surface area contributed by atoms with Crippen LogP contribution in [-0.2, 0) is 6.54 Å². The molecule has 0 spiro atoms. The molecule has 0 bridgehead atoms. The van der Waals surface area contributed by atoms with Crippen LogP contribution in [0, 0.1) is 5.41 Å². The van der Waals surface area contributed by atoms with Gasteiger partial charge in [0.2, 0.25) is 0 Å². The highest BCUT2D eigenvalue weighted by Crippen LogP contribution is 2.51. The second-order valence-electron chi connectivity index (χ2n) is 5.62. The smallest absolute Gasteiger partial charge is 0.0951 e. The fourth-order valence-corrected chi connectivity index (χ4v) is 2.85. The third kappa shape index (κ3) is 2.35. The van der Waals surface area contributed by atoms with Crippen molar-refractivity contribution < 1.29 is 0 Å². The number of rotatable bonds is 5. The zero-order valence-corrected chi connectivity index (χ0v) is 11.3. The summed E-state index contributed by atoms with van der Waals surface area (Å²) < 4.78 is 2.23. The monoisotopic (exact) mass is 256 g/mol. The minimum atomic E-state index is 0.501. The highest BCUT2D eigenvalue weighted by Gasteiger charge is 2.42. The van der Waals surface area contributed by atoms with Crippen molar-refractivity contribution in [1.29, 1.82) is 0 Å². The summed E-state index contributed by atoms with van der Waals surface area (Å²) in [5, 5.41) is 0. The van der Waals surface area contributed by atoms with Crippen molar-refractivity contribution in [3.63, 3.8) is 0 Å². The van der Waals surface area contributed by atoms with E-state index in [2.05, 4.69) is 21.5 Å². The molecule has 4 nitrogen and oxygen atoms in total. The molecule has 1 fully saturated rings. The van der Waals surface area contributed by atoms with Gasteiger partial charge in [0.15, 0.2) is 0 Å². The van der Waals surface area contributed by atoms with E-state index < -0.39 is 0 Å². The average Bonchev–Trinajstić information content (AvgIpc) is 2.99. The predicted octanol–water partition coefficient (Wildman–Crippen LogP) is 3.11. The third-order valence-electron chi connectivity index (χ3n) is 4.09. The van der Waals surface area contributed by atoms with E-state index >= 15 is 0 Å². The molecule has 0 aliphatic heterocycles. The number of hydrogen-bond donors (Lipinski definition) is 1. The quantitative estimate of drug-likeness (QED) is 0.894. The summed E-state index contributed by atoms with van der Waals surface area (Å²) in [5.41, 5.74) is 9.36. The zero-order valence-electron chi connectivity index (χ0n) is 11.3. The number of aromatic nitrogens is 3. The molecule has 2 aromatic heterocycles. The molecule has 3 rings (SSSR count). The van der Waals surface area contributed by atoms with E-state index in [-0.39, 0.29) is 0 Å². The third-order valence-corrected chi connectivity index (χ3v) is 4.09. The molecular weight excluding hydrogens is 236 g/mol. The van der Waals surface area contributed by atoms with Crippen LogP contribution in [0.3, 0.4) is 0 Å². The van der Waals surface area contributed by atoms with E-state index in [1.54, 1.807) is 6.20 Å². The van der Waals surface area contributed by atoms with Gasteiger partial charge in [0, 0.05) is 30.2 Å². The normalized spacial score (nSPS) is 16.5. The van der Waals surface area contributed by atoms with Crippen LogP contribution in [0.5, 0.6) is 0 Å². The van der Waals surface area contributed by atoms with Gasteiger partial charge in [0.05, 0.1) is 18.2 Å². The van der Waals surface area contributed by atoms with Gasteiger partial charge in [0.1, 0.15) is 0 Å². The summed E-state index contributed by atoms with van der Waals surface area (Å²) in [5.74, 6) is 0. The Morgan fingerprint density at radius 2 is 2.16 bits per heavy atom. The molecule has 100 valence electrons. The molecule has 1 aliphatic rings. The molecule has 4 heteroatoms. The van der Waals surface area contributed by atoms with Crippen LogP contribution in [-0.4, -0.2) is 14.5 Å². The van der Waals surface area contributed by atoms with E-state index in [1.165, 1.54) is 25.7 Å². The standard InChI is InChI=1S/C15H20N4/c1-2-4-15(5-6-15)10-19-11-18-9-14(19)12-8-17-7-3-13(12)16/h3,7-9,11H,2,4-6,10H2,1H3,(H2,16,17). The lowest BCUT2D eigenvalue weighted by Gasteiger charge is -2.17. The molecule has 2 N–H and O–H groups in total. The summed E-state index contributed by atoms with van der Waals surface area (Å²) in [6.45, 7) is 3.30. The number of pyridine rings is 1. The Hall–Kier alpha value is -1.84. The van der Waals surface area contributed by atoms with Crippen LogP contribution in [0.1, 0.15) is 32.6 Å². The van der Waals surface area contributed by atoms with E-state index in [9.17, 15) is 0 Å². The summed E-state index contributed by atoms with van der Waals surface area (Å²) in [6, 6.07) is 1.84. The van der Waals surface area contributed by atoms with Crippen molar-refractivity contribution >= 4 is 5.69 Å². The second-order valence-corrected chi connectivity index (χ2v) is 5.62. The number of nitrogen functional groups attached to an aromatic ring is 1. The highest BCUT2D eigenvalue weighted by molar-refractivity contribution is 5.72. The van der Waals surface area contributed by atoms with Crippen molar-refractivity contribution in [2.45, 2.75) is 39.2 Å². The largest absolute Gasteiger partial charge is 0.398 e. The van der Waals surface area contributed by atoms with Gasteiger partial charge >= 0.3 is 0 Å². The van der Waals surface area contributed by atoms with Crippen molar-refractivity contribution in [1.82, 2.24) is 14.5 Å². The van der Waals surface area contributed by atoms with Crippen LogP contribution < -0.4 is 5.73 Å². The molecule has 2 heterocycles. The highest BCUT2D eigenvalue weighted by atomic mass is 15.1. The minimum Gasteiger partial charge on any atom is -0.398 e. The fourth-order valence-electron chi connectivity index (χ4n) is 2.85. The van der Waals surface area contributed by atoms with Gasteiger partial charge in [-0.3, -0.25) is 4.98 Å². The van der Waals surface area contributed by atoms with Gasteiger partial charge in [-0.05, 0) is 30.7 Å². The number of imidazole rings is 1. The van der Waals surface area contributed by atoms with Crippen molar-refractivity contribution in [3.05, 3.63) is 31.0 Å². The first-order valence-electron chi connectivity index (χ1n) is 6.94. The predicted molar refractivity (Wildman–Crippen MR) is 76.4 cm³/mol. The number of nitrogens with two attached hydrogens (primary N) is 1. The SMILES string of the molecule is CCCC1(Cn2cncc2-c2cnccc2N)CC1. The first-order chi connectivity index (χ1) is 9.24. The van der Waals surface area contributed by atoms with Crippen LogP contribution in [0.2, 0.25) is 0 Å². The Morgan fingerprint density at radius 3 is 2.84 bits per heavy atom. The Morgan fingerprint density at radius 1 is 1.32 bits per heavy atom. The lowest BCUT2D eigenvalue weighted by molar-refractivity contribution is 0.390. The Kier molecular flexibility index (Phi) is 3.01. The molecule has 1 saturated carbocycles. The molecule has 0 radical (unpaired) electrons. The van der Waals surface area contributed by atoms with Crippen LogP contribution >= 0.6 is 0 Å². The first kappa shape index (κ1) is 12.2. The van der Waals surface area contributed by atoms with Gasteiger partial charge in [-0.2, -0.15) is 0 Å². The van der Waals surface area contributed by atoms with Gasteiger partial charge in [0.25, 0.3) is 0 Å². The average molecular weight is 256 g/mol. The van der Waals surface area contributed by atoms with Gasteiger partial charge in [-0.25, -0.2) is 4.98 Å². The molecule has 0 amide bonds. The van der Waals surface area contributed by atoms with Gasteiger partial charge < -0.3 is 10.3 Å². The maximum atomic E-state index is 6.04. The van der Waals surface area contributed by atoms with Gasteiger partial charge in [-0.1, -0.05) is 13.3 Å². The Bertz CT molecular complexity index is 569. The molecular formula is C15H20N4. The maximum absolute atomic E-state index is 6.04. The number of nitrogens with zero attached hydrogens (tertiary/aromatic N) is 3. The van der Waals surface area contributed by atoms with Crippen LogP contribution in [0.4, 0.5) is 5.69 Å². The maximum Gasteiger partial charge on any atom is 0.0951 e.